The Kier molecular flexibility index (Phi) is 8.44. The quantitative estimate of drug-likeness (QED) is 0.428. The van der Waals surface area contributed by atoms with Crippen LogP contribution in [0.3, 0.4) is 0 Å². The molecule has 0 spiro atoms. The zero-order valence-corrected chi connectivity index (χ0v) is 18.6. The molecule has 0 saturated carbocycles. The first-order valence-corrected chi connectivity index (χ1v) is 9.98. The summed E-state index contributed by atoms with van der Waals surface area (Å²) in [6, 6.07) is 8.39. The van der Waals surface area contributed by atoms with Gasteiger partial charge < -0.3 is 34.5 Å². The molecule has 4 N–H and O–H groups in total. The van der Waals surface area contributed by atoms with Gasteiger partial charge in [0, 0.05) is 32.0 Å². The lowest BCUT2D eigenvalue weighted by atomic mass is 9.96. The van der Waals surface area contributed by atoms with Gasteiger partial charge in [0.05, 0.1) is 12.8 Å². The highest BCUT2D eigenvalue weighted by Gasteiger charge is 2.40. The smallest absolute Gasteiger partial charge is 0.336 e. The van der Waals surface area contributed by atoms with Crippen molar-refractivity contribution in [2.75, 3.05) is 13.8 Å². The highest BCUT2D eigenvalue weighted by Crippen LogP contribution is 2.35. The van der Waals surface area contributed by atoms with Crippen molar-refractivity contribution in [3.8, 4) is 11.5 Å². The maximum Gasteiger partial charge on any atom is 0.336 e. The number of aliphatic hydroxyl groups is 1. The van der Waals surface area contributed by atoms with Crippen molar-refractivity contribution in [3.05, 3.63) is 47.3 Å². The fraction of sp³-hybridized carbons (Fsp3) is 0.409. The van der Waals surface area contributed by atoms with Crippen LogP contribution < -0.4 is 9.47 Å². The van der Waals surface area contributed by atoms with Crippen LogP contribution in [-0.4, -0.2) is 67.2 Å². The SMILES string of the molecule is Cc1cc2c(cc1CN(C)Cc1cccn1C)OCO2.O=C(O)CC(O)(CC(=O)O)C(=O)O. The Labute approximate surface area is 190 Å². The molecule has 2 aromatic rings. The Morgan fingerprint density at radius 3 is 2.12 bits per heavy atom. The molecule has 0 bridgehead atoms. The number of aromatic nitrogens is 1. The summed E-state index contributed by atoms with van der Waals surface area (Å²) < 4.78 is 13.0. The minimum absolute atomic E-state index is 0.331. The molecule has 3 rings (SSSR count). The maximum atomic E-state index is 10.3. The van der Waals surface area contributed by atoms with E-state index in [0.717, 1.165) is 24.6 Å². The normalized spacial score (nSPS) is 12.3. The highest BCUT2D eigenvalue weighted by molar-refractivity contribution is 5.88. The molecule has 11 nitrogen and oxygen atoms in total. The maximum absolute atomic E-state index is 10.3. The number of hydrogen-bond acceptors (Lipinski definition) is 7. The number of nitrogens with zero attached hydrogens (tertiary/aromatic N) is 2. The molecule has 1 aromatic heterocycles. The van der Waals surface area contributed by atoms with Crippen molar-refractivity contribution in [1.82, 2.24) is 9.47 Å². The second-order valence-corrected chi connectivity index (χ2v) is 7.89. The van der Waals surface area contributed by atoms with Gasteiger partial charge in [0.25, 0.3) is 0 Å². The lowest BCUT2D eigenvalue weighted by Gasteiger charge is -2.19. The molecule has 180 valence electrons. The first-order chi connectivity index (χ1) is 15.4. The fourth-order valence-electron chi connectivity index (χ4n) is 3.25. The molecule has 1 aliphatic rings. The third-order valence-corrected chi connectivity index (χ3v) is 5.04. The summed E-state index contributed by atoms with van der Waals surface area (Å²) in [5, 5.41) is 33.8. The lowest BCUT2D eigenvalue weighted by Crippen LogP contribution is -2.42. The lowest BCUT2D eigenvalue weighted by molar-refractivity contribution is -0.170. The third kappa shape index (κ3) is 7.22. The van der Waals surface area contributed by atoms with Crippen molar-refractivity contribution in [3.63, 3.8) is 0 Å². The van der Waals surface area contributed by atoms with E-state index in [2.05, 4.69) is 60.9 Å². The van der Waals surface area contributed by atoms with Crippen molar-refractivity contribution >= 4 is 17.9 Å². The summed E-state index contributed by atoms with van der Waals surface area (Å²) in [6.45, 7) is 4.27. The van der Waals surface area contributed by atoms with Crippen molar-refractivity contribution < 1.29 is 44.3 Å². The van der Waals surface area contributed by atoms with Gasteiger partial charge in [-0.05, 0) is 49.4 Å². The summed E-state index contributed by atoms with van der Waals surface area (Å²) >= 11 is 0. The largest absolute Gasteiger partial charge is 0.481 e. The van der Waals surface area contributed by atoms with Gasteiger partial charge in [-0.2, -0.15) is 0 Å². The number of rotatable bonds is 9. The van der Waals surface area contributed by atoms with E-state index in [9.17, 15) is 14.4 Å². The van der Waals surface area contributed by atoms with Crippen LogP contribution in [0.1, 0.15) is 29.7 Å². The van der Waals surface area contributed by atoms with Crippen LogP contribution in [0.2, 0.25) is 0 Å². The average molecular weight is 464 g/mol. The molecular weight excluding hydrogens is 436 g/mol. The van der Waals surface area contributed by atoms with Crippen LogP contribution in [0.15, 0.2) is 30.5 Å². The van der Waals surface area contributed by atoms with Crippen LogP contribution in [0.5, 0.6) is 11.5 Å². The van der Waals surface area contributed by atoms with Crippen molar-refractivity contribution in [2.24, 2.45) is 7.05 Å². The van der Waals surface area contributed by atoms with Crippen molar-refractivity contribution in [1.29, 1.82) is 0 Å². The summed E-state index contributed by atoms with van der Waals surface area (Å²) in [6.07, 6.45) is -0.210. The molecule has 2 heterocycles. The Morgan fingerprint density at radius 2 is 1.64 bits per heavy atom. The van der Waals surface area contributed by atoms with Crippen molar-refractivity contribution in [2.45, 2.75) is 38.5 Å². The van der Waals surface area contributed by atoms with Gasteiger partial charge in [-0.15, -0.1) is 0 Å². The topological polar surface area (TPSA) is 159 Å². The molecule has 1 aromatic carbocycles. The minimum atomic E-state index is -2.74. The van der Waals surface area contributed by atoms with Gasteiger partial charge >= 0.3 is 17.9 Å². The minimum Gasteiger partial charge on any atom is -0.481 e. The second-order valence-electron chi connectivity index (χ2n) is 7.89. The molecule has 0 radical (unpaired) electrons. The van der Waals surface area contributed by atoms with Crippen LogP contribution in [0.4, 0.5) is 0 Å². The van der Waals surface area contributed by atoms with Gasteiger partial charge in [0.2, 0.25) is 6.79 Å². The van der Waals surface area contributed by atoms with Gasteiger partial charge in [0.1, 0.15) is 0 Å². The number of carboxylic acid groups (broad SMARTS) is 3. The number of benzene rings is 1. The van der Waals surface area contributed by atoms with Crippen LogP contribution in [-0.2, 0) is 34.5 Å². The number of ether oxygens (including phenoxy) is 2. The van der Waals surface area contributed by atoms with E-state index in [1.807, 2.05) is 0 Å². The van der Waals surface area contributed by atoms with Gasteiger partial charge in [0.15, 0.2) is 17.1 Å². The molecular formula is C22H28N2O9. The zero-order valence-electron chi connectivity index (χ0n) is 18.6. The van der Waals surface area contributed by atoms with Gasteiger partial charge in [-0.3, -0.25) is 14.5 Å². The van der Waals surface area contributed by atoms with Crippen LogP contribution in [0, 0.1) is 6.92 Å². The Morgan fingerprint density at radius 1 is 1.06 bits per heavy atom. The zero-order chi connectivity index (χ0) is 24.8. The molecule has 0 fully saturated rings. The standard InChI is InChI=1S/C16H20N2O2.C6H8O7/c1-12-7-15-16(20-11-19-15)8-13(12)9-17(2)10-14-5-4-6-18(14)3;7-3(8)1-6(13,5(11)12)2-4(9)10/h4-8H,9-11H2,1-3H3;13H,1-2H2,(H,7,8)(H,9,10)(H,11,12). The monoisotopic (exact) mass is 464 g/mol. The number of aryl methyl sites for hydroxylation is 2. The number of carbonyl (C=O) groups is 3. The van der Waals surface area contributed by atoms with E-state index in [4.69, 9.17) is 29.9 Å². The Bertz CT molecular complexity index is 999. The van der Waals surface area contributed by atoms with E-state index in [-0.39, 0.29) is 0 Å². The predicted molar refractivity (Wildman–Crippen MR) is 115 cm³/mol. The first kappa shape index (κ1) is 25.7. The van der Waals surface area contributed by atoms with Crippen LogP contribution >= 0.6 is 0 Å². The molecule has 0 amide bonds. The predicted octanol–water partition coefficient (Wildman–Crippen LogP) is 1.45. The Balaban J connectivity index is 0.000000260. The number of hydrogen-bond donors (Lipinski definition) is 4. The molecule has 1 aliphatic heterocycles. The first-order valence-electron chi connectivity index (χ1n) is 9.98. The van der Waals surface area contributed by atoms with E-state index < -0.39 is 36.4 Å². The number of aliphatic carboxylic acids is 3. The highest BCUT2D eigenvalue weighted by atomic mass is 16.7. The summed E-state index contributed by atoms with van der Waals surface area (Å²) in [5.74, 6) is -3.30. The second kappa shape index (κ2) is 10.8. The molecule has 0 atom stereocenters. The summed E-state index contributed by atoms with van der Waals surface area (Å²) in [4.78, 5) is 32.8. The van der Waals surface area contributed by atoms with E-state index in [1.165, 1.54) is 16.8 Å². The van der Waals surface area contributed by atoms with Gasteiger partial charge in [-0.1, -0.05) is 0 Å². The average Bonchev–Trinajstić information content (AvgIpc) is 3.29. The summed E-state index contributed by atoms with van der Waals surface area (Å²) in [5.41, 5.74) is 1.10. The third-order valence-electron chi connectivity index (χ3n) is 5.04. The molecule has 33 heavy (non-hydrogen) atoms. The van der Waals surface area contributed by atoms with Crippen LogP contribution in [0.25, 0.3) is 0 Å². The summed E-state index contributed by atoms with van der Waals surface area (Å²) in [7, 11) is 4.21. The van der Waals surface area contributed by atoms with E-state index in [0.29, 0.717) is 6.79 Å². The fourth-order valence-corrected chi connectivity index (χ4v) is 3.25. The molecule has 0 unspecified atom stereocenters. The molecule has 0 saturated heterocycles. The molecule has 11 heteroatoms. The van der Waals surface area contributed by atoms with E-state index >= 15 is 0 Å². The Hall–Kier alpha value is -3.57. The van der Waals surface area contributed by atoms with E-state index in [1.54, 1.807) is 0 Å². The number of fused-ring (bicyclic) bond motifs is 1. The van der Waals surface area contributed by atoms with Gasteiger partial charge in [-0.25, -0.2) is 4.79 Å². The number of carboxylic acids is 3. The molecule has 0 aliphatic carbocycles.